The molecule has 3 aromatic rings. The molecular formula is C32H39Cl2N3O3. The number of methoxy groups -OCH3 is 1. The number of carbonyl (C=O) groups excluding carboxylic acids is 1. The Morgan fingerprint density at radius 1 is 1.05 bits per heavy atom. The van der Waals surface area contributed by atoms with Crippen LogP contribution in [0.4, 0.5) is 0 Å². The molecule has 0 saturated carbocycles. The molecule has 0 saturated heterocycles. The van der Waals surface area contributed by atoms with E-state index in [4.69, 9.17) is 14.5 Å². The normalized spacial score (nSPS) is 16.2. The van der Waals surface area contributed by atoms with E-state index < -0.39 is 5.41 Å². The molecule has 2 aromatic carbocycles. The molecule has 6 nitrogen and oxygen atoms in total. The fraction of sp³-hybridized carbons (Fsp3) is 0.406. The van der Waals surface area contributed by atoms with Crippen LogP contribution in [0.1, 0.15) is 74.9 Å². The molecule has 8 heteroatoms. The lowest BCUT2D eigenvalue weighted by atomic mass is 9.79. The van der Waals surface area contributed by atoms with Gasteiger partial charge in [-0.3, -0.25) is 14.8 Å². The molecule has 0 unspecified atom stereocenters. The molecule has 0 atom stereocenters. The molecule has 0 spiro atoms. The number of pyridine rings is 1. The summed E-state index contributed by atoms with van der Waals surface area (Å²) in [7, 11) is 1.70. The summed E-state index contributed by atoms with van der Waals surface area (Å²) in [6.07, 6.45) is 5.07. The van der Waals surface area contributed by atoms with Gasteiger partial charge < -0.3 is 14.8 Å². The average Bonchev–Trinajstić information content (AvgIpc) is 3.21. The smallest absolute Gasteiger partial charge is 0.230 e. The second-order valence-electron chi connectivity index (χ2n) is 12.2. The van der Waals surface area contributed by atoms with Gasteiger partial charge >= 0.3 is 0 Å². The van der Waals surface area contributed by atoms with Gasteiger partial charge in [0.1, 0.15) is 5.60 Å². The predicted octanol–water partition coefficient (Wildman–Crippen LogP) is 6.41. The Labute approximate surface area is 249 Å². The van der Waals surface area contributed by atoms with Crippen LogP contribution >= 0.6 is 24.8 Å². The zero-order valence-electron chi connectivity index (χ0n) is 24.3. The minimum Gasteiger partial charge on any atom is -0.493 e. The highest BCUT2D eigenvalue weighted by Crippen LogP contribution is 2.48. The minimum atomic E-state index is -0.733. The van der Waals surface area contributed by atoms with E-state index in [0.717, 1.165) is 57.9 Å². The van der Waals surface area contributed by atoms with Crippen LogP contribution < -0.4 is 14.8 Å². The van der Waals surface area contributed by atoms with Gasteiger partial charge in [-0.25, -0.2) is 0 Å². The number of benzene rings is 2. The third-order valence-corrected chi connectivity index (χ3v) is 7.53. The van der Waals surface area contributed by atoms with Crippen LogP contribution in [-0.4, -0.2) is 34.9 Å². The molecule has 0 fully saturated rings. The summed E-state index contributed by atoms with van der Waals surface area (Å²) in [4.78, 5) is 22.6. The Balaban J connectivity index is 0.00000220. The van der Waals surface area contributed by atoms with Crippen molar-refractivity contribution in [2.24, 2.45) is 4.99 Å². The van der Waals surface area contributed by atoms with Gasteiger partial charge in [0.25, 0.3) is 0 Å². The number of rotatable bonds is 6. The maximum atomic E-state index is 13.3. The number of aromatic nitrogens is 1. The summed E-state index contributed by atoms with van der Waals surface area (Å²) in [6, 6.07) is 14.2. The molecule has 0 bridgehead atoms. The second-order valence-corrected chi connectivity index (χ2v) is 12.2. The number of hydrogen-bond donors (Lipinski definition) is 1. The molecule has 214 valence electrons. The Morgan fingerprint density at radius 2 is 1.75 bits per heavy atom. The number of carbonyl (C=O) groups is 1. The number of ether oxygens (including phenoxy) is 2. The largest absolute Gasteiger partial charge is 0.493 e. The lowest BCUT2D eigenvalue weighted by Crippen LogP contribution is -2.39. The highest BCUT2D eigenvalue weighted by molar-refractivity contribution is 6.16. The lowest BCUT2D eigenvalue weighted by molar-refractivity contribution is -0.125. The number of hydrogen-bond acceptors (Lipinski definition) is 5. The van der Waals surface area contributed by atoms with Crippen molar-refractivity contribution in [1.29, 1.82) is 0 Å². The van der Waals surface area contributed by atoms with Crippen molar-refractivity contribution in [2.45, 2.75) is 77.5 Å². The maximum absolute atomic E-state index is 13.3. The second kappa shape index (κ2) is 11.4. The fourth-order valence-corrected chi connectivity index (χ4v) is 5.52. The molecule has 0 radical (unpaired) electrons. The summed E-state index contributed by atoms with van der Waals surface area (Å²) in [5.41, 5.74) is 6.10. The Morgan fingerprint density at radius 3 is 2.42 bits per heavy atom. The summed E-state index contributed by atoms with van der Waals surface area (Å²) in [5, 5.41) is 3.09. The number of fused-ring (bicyclic) bond motifs is 3. The quantitative estimate of drug-likeness (QED) is 0.363. The topological polar surface area (TPSA) is 72.8 Å². The highest BCUT2D eigenvalue weighted by atomic mass is 35.5. The summed E-state index contributed by atoms with van der Waals surface area (Å²) >= 11 is 0. The summed E-state index contributed by atoms with van der Waals surface area (Å²) in [5.74, 6) is 1.57. The molecular weight excluding hydrogens is 545 g/mol. The molecule has 3 heterocycles. The van der Waals surface area contributed by atoms with E-state index in [1.165, 1.54) is 5.56 Å². The van der Waals surface area contributed by atoms with Gasteiger partial charge in [0.05, 0.1) is 23.8 Å². The SMILES string of the molecule is COc1cc2c(c3c1OC(C)(C)C3)C(c1cccc(C(C)(C)C(=O)NCc3ccncc3)c1)=NC(C)(C)C2.Cl.Cl. The predicted molar refractivity (Wildman–Crippen MR) is 165 cm³/mol. The zero-order valence-corrected chi connectivity index (χ0v) is 25.9. The van der Waals surface area contributed by atoms with Crippen molar-refractivity contribution < 1.29 is 14.3 Å². The van der Waals surface area contributed by atoms with E-state index in [-0.39, 0.29) is 41.9 Å². The number of amides is 1. The van der Waals surface area contributed by atoms with Crippen molar-refractivity contribution in [1.82, 2.24) is 10.3 Å². The summed E-state index contributed by atoms with van der Waals surface area (Å²) in [6.45, 7) is 12.9. The van der Waals surface area contributed by atoms with Crippen molar-refractivity contribution in [3.8, 4) is 11.5 Å². The molecule has 1 aromatic heterocycles. The fourth-order valence-electron chi connectivity index (χ4n) is 5.52. The van der Waals surface area contributed by atoms with Crippen molar-refractivity contribution in [3.63, 3.8) is 0 Å². The van der Waals surface area contributed by atoms with E-state index in [0.29, 0.717) is 6.54 Å². The van der Waals surface area contributed by atoms with Crippen LogP contribution in [0.15, 0.2) is 59.9 Å². The molecule has 0 aliphatic carbocycles. The van der Waals surface area contributed by atoms with Gasteiger partial charge in [0, 0.05) is 42.0 Å². The molecule has 5 rings (SSSR count). The van der Waals surface area contributed by atoms with Crippen LogP contribution in [0.5, 0.6) is 11.5 Å². The third kappa shape index (κ3) is 5.98. The van der Waals surface area contributed by atoms with Crippen LogP contribution in [0.2, 0.25) is 0 Å². The van der Waals surface area contributed by atoms with E-state index in [1.54, 1.807) is 19.5 Å². The monoisotopic (exact) mass is 583 g/mol. The van der Waals surface area contributed by atoms with Gasteiger partial charge in [0.15, 0.2) is 11.5 Å². The van der Waals surface area contributed by atoms with Gasteiger partial charge in [-0.1, -0.05) is 18.2 Å². The van der Waals surface area contributed by atoms with Crippen LogP contribution in [-0.2, 0) is 29.6 Å². The van der Waals surface area contributed by atoms with Gasteiger partial charge in [-0.15, -0.1) is 24.8 Å². The van der Waals surface area contributed by atoms with Gasteiger partial charge in [-0.2, -0.15) is 0 Å². The number of nitrogens with zero attached hydrogens (tertiary/aromatic N) is 2. The van der Waals surface area contributed by atoms with Crippen LogP contribution in [0.3, 0.4) is 0 Å². The maximum Gasteiger partial charge on any atom is 0.230 e. The first-order valence-corrected chi connectivity index (χ1v) is 13.2. The lowest BCUT2D eigenvalue weighted by Gasteiger charge is -2.31. The van der Waals surface area contributed by atoms with Gasteiger partial charge in [-0.05, 0) is 88.9 Å². The standard InChI is InChI=1S/C32H37N3O3.2ClH/c1-30(2)17-22-16-25(37-7)28-24(18-31(3,4)38-28)26(22)27(35-30)21-9-8-10-23(15-21)32(5,6)29(36)34-19-20-11-13-33-14-12-20;;/h8-16H,17-19H2,1-7H3,(H,34,36);2*1H. The Bertz CT molecular complexity index is 1430. The van der Waals surface area contributed by atoms with Crippen molar-refractivity contribution in [3.05, 3.63) is 88.2 Å². The zero-order chi connectivity index (χ0) is 27.3. The average molecular weight is 585 g/mol. The number of halogens is 2. The highest BCUT2D eigenvalue weighted by Gasteiger charge is 2.40. The first kappa shape index (κ1) is 31.4. The van der Waals surface area contributed by atoms with Crippen LogP contribution in [0, 0.1) is 0 Å². The summed E-state index contributed by atoms with van der Waals surface area (Å²) < 4.78 is 12.1. The first-order chi connectivity index (χ1) is 17.9. The molecule has 1 amide bonds. The Kier molecular flexibility index (Phi) is 8.97. The Hall–Kier alpha value is -3.09. The van der Waals surface area contributed by atoms with Gasteiger partial charge in [0.2, 0.25) is 5.91 Å². The van der Waals surface area contributed by atoms with E-state index in [2.05, 4.69) is 56.2 Å². The number of aliphatic imine (C=N–C) groups is 1. The molecule has 1 N–H and O–H groups in total. The van der Waals surface area contributed by atoms with E-state index in [9.17, 15) is 4.79 Å². The first-order valence-electron chi connectivity index (χ1n) is 13.2. The molecule has 2 aliphatic rings. The van der Waals surface area contributed by atoms with Crippen molar-refractivity contribution in [2.75, 3.05) is 7.11 Å². The molecule has 2 aliphatic heterocycles. The molecule has 40 heavy (non-hydrogen) atoms. The minimum absolute atomic E-state index is 0. The third-order valence-electron chi connectivity index (χ3n) is 7.53. The van der Waals surface area contributed by atoms with Crippen LogP contribution in [0.25, 0.3) is 0 Å². The van der Waals surface area contributed by atoms with E-state index >= 15 is 0 Å². The van der Waals surface area contributed by atoms with Crippen molar-refractivity contribution >= 4 is 36.4 Å². The number of nitrogens with one attached hydrogen (secondary N) is 1. The van der Waals surface area contributed by atoms with E-state index in [1.807, 2.05) is 38.1 Å².